The second kappa shape index (κ2) is 4.39. The molecule has 0 bridgehead atoms. The number of nitrogens with one attached hydrogen (secondary N) is 2. The van der Waals surface area contributed by atoms with Crippen LogP contribution in [0.3, 0.4) is 0 Å². The molecule has 1 saturated carbocycles. The van der Waals surface area contributed by atoms with Crippen LogP contribution in [0.15, 0.2) is 10.9 Å². The molecule has 2 fully saturated rings. The van der Waals surface area contributed by atoms with Crippen LogP contribution >= 0.6 is 0 Å². The summed E-state index contributed by atoms with van der Waals surface area (Å²) < 4.78 is 0. The lowest BCUT2D eigenvalue weighted by atomic mass is 10.1. The predicted octanol–water partition coefficient (Wildman–Crippen LogP) is 0.834. The molecule has 1 aromatic rings. The lowest BCUT2D eigenvalue weighted by Crippen LogP contribution is -2.55. The first-order valence-corrected chi connectivity index (χ1v) is 6.75. The summed E-state index contributed by atoms with van der Waals surface area (Å²) in [5.74, 6) is 2.19. The van der Waals surface area contributed by atoms with E-state index in [2.05, 4.69) is 34.0 Å². The van der Waals surface area contributed by atoms with Crippen molar-refractivity contribution in [1.82, 2.24) is 15.3 Å². The molecule has 2 unspecified atom stereocenters. The van der Waals surface area contributed by atoms with Gasteiger partial charge >= 0.3 is 0 Å². The number of aromatic nitrogens is 2. The average molecular weight is 248 g/mol. The minimum absolute atomic E-state index is 0.0275. The Kier molecular flexibility index (Phi) is 2.86. The van der Waals surface area contributed by atoms with Gasteiger partial charge in [0.2, 0.25) is 0 Å². The topological polar surface area (TPSA) is 61.0 Å². The lowest BCUT2D eigenvalue weighted by molar-refractivity contribution is 0.422. The van der Waals surface area contributed by atoms with Gasteiger partial charge in [-0.1, -0.05) is 0 Å². The first-order valence-electron chi connectivity index (χ1n) is 6.75. The van der Waals surface area contributed by atoms with Crippen molar-refractivity contribution in [3.8, 4) is 0 Å². The Morgan fingerprint density at radius 1 is 1.39 bits per heavy atom. The smallest absolute Gasteiger partial charge is 0.252 e. The summed E-state index contributed by atoms with van der Waals surface area (Å²) in [7, 11) is 0. The first-order chi connectivity index (χ1) is 8.63. The predicted molar refractivity (Wildman–Crippen MR) is 71.1 cm³/mol. The van der Waals surface area contributed by atoms with Gasteiger partial charge in [-0.15, -0.1) is 0 Å². The SMILES string of the molecule is CC1CN(c2cc(=O)[nH]c(C3CC3)n2)C(C)CN1. The Morgan fingerprint density at radius 2 is 2.17 bits per heavy atom. The highest BCUT2D eigenvalue weighted by molar-refractivity contribution is 5.40. The summed E-state index contributed by atoms with van der Waals surface area (Å²) in [5, 5.41) is 3.44. The van der Waals surface area contributed by atoms with E-state index in [4.69, 9.17) is 0 Å². The largest absolute Gasteiger partial charge is 0.351 e. The minimum Gasteiger partial charge on any atom is -0.351 e. The maximum absolute atomic E-state index is 11.7. The standard InChI is InChI=1S/C13H20N4O/c1-8-7-17(9(2)6-14-8)11-5-12(18)16-13(15-11)10-3-4-10/h5,8-10,14H,3-4,6-7H2,1-2H3,(H,15,16,18). The average Bonchev–Trinajstić information content (AvgIpc) is 3.15. The van der Waals surface area contributed by atoms with Crippen molar-refractivity contribution in [2.24, 2.45) is 0 Å². The van der Waals surface area contributed by atoms with E-state index in [9.17, 15) is 4.79 Å². The summed E-state index contributed by atoms with van der Waals surface area (Å²) in [6.07, 6.45) is 2.31. The Labute approximate surface area is 107 Å². The van der Waals surface area contributed by atoms with Gasteiger partial charge in [0, 0.05) is 37.2 Å². The molecule has 0 aromatic carbocycles. The Bertz CT molecular complexity index is 494. The van der Waals surface area contributed by atoms with Crippen LogP contribution in [0.2, 0.25) is 0 Å². The molecule has 0 radical (unpaired) electrons. The highest BCUT2D eigenvalue weighted by atomic mass is 16.1. The zero-order valence-corrected chi connectivity index (χ0v) is 10.9. The van der Waals surface area contributed by atoms with E-state index < -0.39 is 0 Å². The van der Waals surface area contributed by atoms with Gasteiger partial charge in [0.05, 0.1) is 0 Å². The van der Waals surface area contributed by atoms with Crippen molar-refractivity contribution in [1.29, 1.82) is 0 Å². The van der Waals surface area contributed by atoms with Gasteiger partial charge in [0.25, 0.3) is 5.56 Å². The van der Waals surface area contributed by atoms with E-state index >= 15 is 0 Å². The molecule has 2 atom stereocenters. The van der Waals surface area contributed by atoms with Crippen molar-refractivity contribution >= 4 is 5.82 Å². The van der Waals surface area contributed by atoms with Gasteiger partial charge < -0.3 is 15.2 Å². The molecule has 98 valence electrons. The molecule has 0 spiro atoms. The molecule has 2 heterocycles. The van der Waals surface area contributed by atoms with Crippen LogP contribution in [0.4, 0.5) is 5.82 Å². The number of hydrogen-bond acceptors (Lipinski definition) is 4. The number of nitrogens with zero attached hydrogens (tertiary/aromatic N) is 2. The summed E-state index contributed by atoms with van der Waals surface area (Å²) in [4.78, 5) is 21.5. The monoisotopic (exact) mass is 248 g/mol. The van der Waals surface area contributed by atoms with Gasteiger partial charge in [-0.05, 0) is 26.7 Å². The lowest BCUT2D eigenvalue weighted by Gasteiger charge is -2.38. The fourth-order valence-corrected chi connectivity index (χ4v) is 2.50. The second-order valence-electron chi connectivity index (χ2n) is 5.57. The number of piperazine rings is 1. The van der Waals surface area contributed by atoms with Crippen LogP contribution in [0.5, 0.6) is 0 Å². The third kappa shape index (κ3) is 2.27. The van der Waals surface area contributed by atoms with Crippen LogP contribution in [-0.2, 0) is 0 Å². The molecular weight excluding hydrogens is 228 g/mol. The highest BCUT2D eigenvalue weighted by Gasteiger charge is 2.29. The van der Waals surface area contributed by atoms with E-state index in [1.54, 1.807) is 6.07 Å². The number of hydrogen-bond donors (Lipinski definition) is 2. The van der Waals surface area contributed by atoms with Gasteiger partial charge in [-0.2, -0.15) is 0 Å². The van der Waals surface area contributed by atoms with Crippen molar-refractivity contribution in [3.05, 3.63) is 22.2 Å². The molecule has 2 N–H and O–H groups in total. The van der Waals surface area contributed by atoms with Crippen LogP contribution in [0.1, 0.15) is 38.4 Å². The molecule has 1 aliphatic heterocycles. The van der Waals surface area contributed by atoms with Crippen LogP contribution < -0.4 is 15.8 Å². The molecule has 1 saturated heterocycles. The van der Waals surface area contributed by atoms with Crippen molar-refractivity contribution in [2.75, 3.05) is 18.0 Å². The molecule has 0 amide bonds. The molecule has 1 aromatic heterocycles. The summed E-state index contributed by atoms with van der Waals surface area (Å²) in [6.45, 7) is 6.17. The summed E-state index contributed by atoms with van der Waals surface area (Å²) >= 11 is 0. The minimum atomic E-state index is -0.0275. The zero-order chi connectivity index (χ0) is 12.7. The molecule has 2 aliphatic rings. The van der Waals surface area contributed by atoms with E-state index in [-0.39, 0.29) is 5.56 Å². The highest BCUT2D eigenvalue weighted by Crippen LogP contribution is 2.38. The van der Waals surface area contributed by atoms with E-state index in [0.29, 0.717) is 18.0 Å². The molecule has 18 heavy (non-hydrogen) atoms. The number of H-pyrrole nitrogens is 1. The fraction of sp³-hybridized carbons (Fsp3) is 0.692. The van der Waals surface area contributed by atoms with Gasteiger partial charge in [-0.25, -0.2) is 4.98 Å². The van der Waals surface area contributed by atoms with E-state index in [1.165, 1.54) is 0 Å². The third-order valence-electron chi connectivity index (χ3n) is 3.77. The third-order valence-corrected chi connectivity index (χ3v) is 3.77. The van der Waals surface area contributed by atoms with Crippen LogP contribution in [0, 0.1) is 0 Å². The summed E-state index contributed by atoms with van der Waals surface area (Å²) in [6, 6.07) is 2.44. The van der Waals surface area contributed by atoms with Crippen LogP contribution in [0.25, 0.3) is 0 Å². The molecular formula is C13H20N4O. The maximum atomic E-state index is 11.7. The Morgan fingerprint density at radius 3 is 2.89 bits per heavy atom. The van der Waals surface area contributed by atoms with E-state index in [1.807, 2.05) is 0 Å². The number of rotatable bonds is 2. The second-order valence-corrected chi connectivity index (χ2v) is 5.57. The number of anilines is 1. The van der Waals surface area contributed by atoms with Crippen LogP contribution in [-0.4, -0.2) is 35.1 Å². The fourth-order valence-electron chi connectivity index (χ4n) is 2.50. The quantitative estimate of drug-likeness (QED) is 0.814. The van der Waals surface area contributed by atoms with Crippen molar-refractivity contribution < 1.29 is 0 Å². The Hall–Kier alpha value is -1.36. The van der Waals surface area contributed by atoms with E-state index in [0.717, 1.165) is 37.6 Å². The zero-order valence-electron chi connectivity index (χ0n) is 10.9. The van der Waals surface area contributed by atoms with Crippen molar-refractivity contribution in [3.63, 3.8) is 0 Å². The van der Waals surface area contributed by atoms with Gasteiger partial charge in [0.1, 0.15) is 11.6 Å². The molecule has 5 nitrogen and oxygen atoms in total. The Balaban J connectivity index is 1.92. The number of aromatic amines is 1. The van der Waals surface area contributed by atoms with Gasteiger partial charge in [-0.3, -0.25) is 4.79 Å². The molecule has 5 heteroatoms. The maximum Gasteiger partial charge on any atom is 0.252 e. The molecule has 1 aliphatic carbocycles. The van der Waals surface area contributed by atoms with Gasteiger partial charge in [0.15, 0.2) is 0 Å². The summed E-state index contributed by atoms with van der Waals surface area (Å²) in [5.41, 5.74) is -0.0275. The first kappa shape index (κ1) is 11.7. The normalized spacial score (nSPS) is 28.4. The molecule has 3 rings (SSSR count). The van der Waals surface area contributed by atoms with Crippen molar-refractivity contribution in [2.45, 2.75) is 44.7 Å².